The van der Waals surface area contributed by atoms with Gasteiger partial charge in [-0.25, -0.2) is 4.79 Å². The van der Waals surface area contributed by atoms with Gasteiger partial charge in [0.1, 0.15) is 6.61 Å². The molecule has 0 saturated carbocycles. The lowest BCUT2D eigenvalue weighted by Crippen LogP contribution is -2.32. The van der Waals surface area contributed by atoms with Crippen LogP contribution in [0.25, 0.3) is 11.1 Å². The molecule has 5 nitrogen and oxygen atoms in total. The molecular weight excluding hydrogens is 390 g/mol. The van der Waals surface area contributed by atoms with Gasteiger partial charge in [0.2, 0.25) is 0 Å². The molecule has 1 amide bonds. The highest BCUT2D eigenvalue weighted by molar-refractivity contribution is 5.79. The minimum Gasteiger partial charge on any atom is -0.448 e. The van der Waals surface area contributed by atoms with Gasteiger partial charge in [-0.05, 0) is 28.7 Å². The van der Waals surface area contributed by atoms with Crippen molar-refractivity contribution in [2.24, 2.45) is 0 Å². The van der Waals surface area contributed by atoms with Gasteiger partial charge in [-0.2, -0.15) is 0 Å². The molecule has 3 rings (SSSR count). The van der Waals surface area contributed by atoms with Crippen molar-refractivity contribution in [2.75, 3.05) is 46.6 Å². The molecule has 0 bridgehead atoms. The number of carbonyl (C=O) groups is 1. The summed E-state index contributed by atoms with van der Waals surface area (Å²) in [5.74, 6) is 0.0791. The Morgan fingerprint density at radius 3 is 2.10 bits per heavy atom. The van der Waals surface area contributed by atoms with Gasteiger partial charge in [0.15, 0.2) is 0 Å². The number of nitrogens with zero attached hydrogens (tertiary/aromatic N) is 1. The van der Waals surface area contributed by atoms with Crippen LogP contribution in [0.3, 0.4) is 0 Å². The second-order valence-corrected chi connectivity index (χ2v) is 8.01. The zero-order valence-corrected chi connectivity index (χ0v) is 18.8. The van der Waals surface area contributed by atoms with Gasteiger partial charge in [-0.1, -0.05) is 74.7 Å². The van der Waals surface area contributed by atoms with Gasteiger partial charge >= 0.3 is 6.09 Å². The minimum atomic E-state index is -0.322. The Kier molecular flexibility index (Phi) is 9.38. The van der Waals surface area contributed by atoms with Crippen molar-refractivity contribution < 1.29 is 19.0 Å². The molecule has 0 saturated heterocycles. The van der Waals surface area contributed by atoms with Crippen LogP contribution in [-0.4, -0.2) is 57.6 Å². The lowest BCUT2D eigenvalue weighted by atomic mass is 9.98. The quantitative estimate of drug-likeness (QED) is 0.399. The lowest BCUT2D eigenvalue weighted by molar-refractivity contribution is 0.0371. The van der Waals surface area contributed by atoms with Crippen LogP contribution in [0.4, 0.5) is 4.79 Å². The monoisotopic (exact) mass is 425 g/mol. The maximum atomic E-state index is 12.4. The molecule has 168 valence electrons. The third kappa shape index (κ3) is 6.55. The van der Waals surface area contributed by atoms with E-state index in [1.807, 2.05) is 12.1 Å². The number of rotatable bonds is 13. The summed E-state index contributed by atoms with van der Waals surface area (Å²) in [7, 11) is 1.74. The van der Waals surface area contributed by atoms with E-state index in [-0.39, 0.29) is 12.0 Å². The second kappa shape index (κ2) is 12.5. The largest absolute Gasteiger partial charge is 0.448 e. The maximum Gasteiger partial charge on any atom is 0.409 e. The molecule has 2 aromatic rings. The van der Waals surface area contributed by atoms with Crippen LogP contribution in [0, 0.1) is 0 Å². The number of benzene rings is 2. The average molecular weight is 426 g/mol. The Bertz CT molecular complexity index is 777. The van der Waals surface area contributed by atoms with Crippen LogP contribution in [0.15, 0.2) is 48.5 Å². The third-order valence-corrected chi connectivity index (χ3v) is 5.73. The Morgan fingerprint density at radius 1 is 0.839 bits per heavy atom. The molecular formula is C26H35NO4. The first-order valence-corrected chi connectivity index (χ1v) is 11.4. The number of hydrogen-bond acceptors (Lipinski definition) is 4. The first-order valence-electron chi connectivity index (χ1n) is 11.4. The summed E-state index contributed by atoms with van der Waals surface area (Å²) in [5.41, 5.74) is 4.90. The van der Waals surface area contributed by atoms with Crippen LogP contribution in [0.1, 0.15) is 49.7 Å². The highest BCUT2D eigenvalue weighted by Crippen LogP contribution is 2.44. The summed E-state index contributed by atoms with van der Waals surface area (Å²) in [5, 5.41) is 0. The third-order valence-electron chi connectivity index (χ3n) is 5.73. The van der Waals surface area contributed by atoms with Crippen LogP contribution < -0.4 is 0 Å². The Labute approximate surface area is 186 Å². The molecule has 5 heteroatoms. The molecule has 0 atom stereocenters. The van der Waals surface area contributed by atoms with Crippen molar-refractivity contribution >= 4 is 6.09 Å². The molecule has 31 heavy (non-hydrogen) atoms. The normalized spacial score (nSPS) is 12.5. The number of fused-ring (bicyclic) bond motifs is 3. The maximum absolute atomic E-state index is 12.4. The highest BCUT2D eigenvalue weighted by atomic mass is 16.6. The van der Waals surface area contributed by atoms with Crippen LogP contribution in [0.2, 0.25) is 0 Å². The SMILES string of the molecule is CCCCCCOCCOCCN(C)C(=O)OCC1c2ccccc2-c2ccccc21. The second-order valence-electron chi connectivity index (χ2n) is 8.01. The van der Waals surface area contributed by atoms with Gasteiger partial charge in [-0.3, -0.25) is 0 Å². The van der Waals surface area contributed by atoms with Crippen LogP contribution >= 0.6 is 0 Å². The van der Waals surface area contributed by atoms with E-state index in [9.17, 15) is 4.79 Å². The van der Waals surface area contributed by atoms with E-state index in [0.717, 1.165) is 13.0 Å². The van der Waals surface area contributed by atoms with Gasteiger partial charge in [0.05, 0.1) is 19.8 Å². The van der Waals surface area contributed by atoms with Gasteiger partial charge in [0, 0.05) is 26.1 Å². The van der Waals surface area contributed by atoms with E-state index in [2.05, 4.69) is 43.3 Å². The molecule has 0 N–H and O–H groups in total. The zero-order valence-electron chi connectivity index (χ0n) is 18.8. The molecule has 0 unspecified atom stereocenters. The van der Waals surface area contributed by atoms with E-state index in [0.29, 0.717) is 33.0 Å². The van der Waals surface area contributed by atoms with E-state index in [1.165, 1.54) is 41.5 Å². The molecule has 2 aromatic carbocycles. The molecule has 0 heterocycles. The van der Waals surface area contributed by atoms with Gasteiger partial charge < -0.3 is 19.1 Å². The molecule has 0 radical (unpaired) electrons. The fraction of sp³-hybridized carbons (Fsp3) is 0.500. The average Bonchev–Trinajstić information content (AvgIpc) is 3.12. The van der Waals surface area contributed by atoms with Crippen molar-refractivity contribution in [3.63, 3.8) is 0 Å². The molecule has 0 aliphatic heterocycles. The molecule has 0 fully saturated rings. The van der Waals surface area contributed by atoms with E-state index in [1.54, 1.807) is 11.9 Å². The fourth-order valence-electron chi connectivity index (χ4n) is 3.95. The Morgan fingerprint density at radius 2 is 1.45 bits per heavy atom. The van der Waals surface area contributed by atoms with Crippen molar-refractivity contribution in [1.82, 2.24) is 4.90 Å². The topological polar surface area (TPSA) is 48.0 Å². The van der Waals surface area contributed by atoms with Crippen LogP contribution in [0.5, 0.6) is 0 Å². The lowest BCUT2D eigenvalue weighted by Gasteiger charge is -2.19. The van der Waals surface area contributed by atoms with E-state index >= 15 is 0 Å². The highest BCUT2D eigenvalue weighted by Gasteiger charge is 2.29. The summed E-state index contributed by atoms with van der Waals surface area (Å²) >= 11 is 0. The number of ether oxygens (including phenoxy) is 3. The number of hydrogen-bond donors (Lipinski definition) is 0. The first-order chi connectivity index (χ1) is 15.2. The van der Waals surface area contributed by atoms with Crippen molar-refractivity contribution in [1.29, 1.82) is 0 Å². The van der Waals surface area contributed by atoms with Crippen LogP contribution in [-0.2, 0) is 14.2 Å². The van der Waals surface area contributed by atoms with E-state index in [4.69, 9.17) is 14.2 Å². The fourth-order valence-corrected chi connectivity index (χ4v) is 3.95. The van der Waals surface area contributed by atoms with Crippen molar-refractivity contribution in [2.45, 2.75) is 38.5 Å². The summed E-state index contributed by atoms with van der Waals surface area (Å²) in [6.45, 7) is 5.45. The van der Waals surface area contributed by atoms with Gasteiger partial charge in [0.25, 0.3) is 0 Å². The smallest absolute Gasteiger partial charge is 0.409 e. The minimum absolute atomic E-state index is 0.0791. The van der Waals surface area contributed by atoms with Gasteiger partial charge in [-0.15, -0.1) is 0 Å². The summed E-state index contributed by atoms with van der Waals surface area (Å²) in [6, 6.07) is 16.7. The van der Waals surface area contributed by atoms with E-state index < -0.39 is 0 Å². The Balaban J connectivity index is 1.35. The zero-order chi connectivity index (χ0) is 21.9. The number of carbonyl (C=O) groups excluding carboxylic acids is 1. The molecule has 1 aliphatic rings. The van der Waals surface area contributed by atoms with Crippen molar-refractivity contribution in [3.05, 3.63) is 59.7 Å². The molecule has 1 aliphatic carbocycles. The molecule has 0 aromatic heterocycles. The predicted octanol–water partition coefficient (Wildman–Crippen LogP) is 5.48. The first kappa shape index (κ1) is 23.3. The summed E-state index contributed by atoms with van der Waals surface area (Å²) in [4.78, 5) is 14.0. The number of amides is 1. The standard InChI is InChI=1S/C26H35NO4/c1-3-4-5-10-16-29-18-19-30-17-15-27(2)26(28)31-20-25-23-13-8-6-11-21(23)22-12-7-9-14-24(22)25/h6-9,11-14,25H,3-5,10,15-20H2,1-2H3. The Hall–Kier alpha value is -2.37. The summed E-state index contributed by atoms with van der Waals surface area (Å²) < 4.78 is 16.8. The molecule has 0 spiro atoms. The summed E-state index contributed by atoms with van der Waals surface area (Å²) in [6.07, 6.45) is 4.51. The van der Waals surface area contributed by atoms with Crippen molar-refractivity contribution in [3.8, 4) is 11.1 Å². The number of unbranched alkanes of at least 4 members (excludes halogenated alkanes) is 3. The predicted molar refractivity (Wildman–Crippen MR) is 123 cm³/mol. The number of likely N-dealkylation sites (N-methyl/N-ethyl adjacent to an activating group) is 1.